The predicted molar refractivity (Wildman–Crippen MR) is 135 cm³/mol. The highest BCUT2D eigenvalue weighted by Crippen LogP contribution is 2.77. The zero-order valence-corrected chi connectivity index (χ0v) is 22.7. The Hall–Kier alpha value is -0.570. The van der Waals surface area contributed by atoms with E-state index in [1.165, 1.54) is 57.8 Å². The van der Waals surface area contributed by atoms with Crippen molar-refractivity contribution in [3.05, 3.63) is 0 Å². The van der Waals surface area contributed by atoms with Crippen molar-refractivity contribution in [2.45, 2.75) is 126 Å². The fourth-order valence-corrected chi connectivity index (χ4v) is 10.6. The van der Waals surface area contributed by atoms with E-state index in [1.54, 1.807) is 0 Å². The Bertz CT molecular complexity index is 775. The van der Waals surface area contributed by atoms with E-state index in [9.17, 15) is 15.0 Å². The lowest BCUT2D eigenvalue weighted by Gasteiger charge is -2.74. The first kappa shape index (κ1) is 25.5. The molecule has 0 spiro atoms. The fraction of sp³-hybridized carbons (Fsp3) is 0.967. The lowest BCUT2D eigenvalue weighted by atomic mass is 9.30. The van der Waals surface area contributed by atoms with Gasteiger partial charge in [0.05, 0.1) is 0 Å². The van der Waals surface area contributed by atoms with Crippen LogP contribution in [0.2, 0.25) is 0 Å². The zero-order valence-electron chi connectivity index (χ0n) is 22.7. The van der Waals surface area contributed by atoms with Crippen LogP contribution in [0, 0.1) is 50.2 Å². The Morgan fingerprint density at radius 1 is 0.848 bits per heavy atom. The summed E-state index contributed by atoms with van der Waals surface area (Å²) in [5, 5.41) is 20.3. The number of carbonyl (C=O) groups is 1. The van der Waals surface area contributed by atoms with Gasteiger partial charge in [0, 0.05) is 13.0 Å². The van der Waals surface area contributed by atoms with Gasteiger partial charge in [0.1, 0.15) is 0 Å². The maximum Gasteiger partial charge on any atom is 0.303 e. The second-order valence-electron chi connectivity index (χ2n) is 14.9. The summed E-state index contributed by atoms with van der Waals surface area (Å²) in [6, 6.07) is 0. The van der Waals surface area contributed by atoms with Crippen LogP contribution in [-0.2, 0) is 4.79 Å². The van der Waals surface area contributed by atoms with E-state index in [4.69, 9.17) is 0 Å². The van der Waals surface area contributed by atoms with E-state index in [0.717, 1.165) is 12.8 Å². The van der Waals surface area contributed by atoms with Gasteiger partial charge in [0.15, 0.2) is 0 Å². The van der Waals surface area contributed by atoms with Gasteiger partial charge in [0.25, 0.3) is 0 Å². The first-order valence-electron chi connectivity index (χ1n) is 14.0. The molecule has 33 heavy (non-hydrogen) atoms. The van der Waals surface area contributed by atoms with Gasteiger partial charge in [-0.2, -0.15) is 0 Å². The summed E-state index contributed by atoms with van der Waals surface area (Å²) in [5.74, 6) is 1.10. The molecule has 4 fully saturated rings. The Morgan fingerprint density at radius 3 is 2.06 bits per heavy atom. The molecule has 0 aromatic rings. The third-order valence-corrected chi connectivity index (χ3v) is 13.2. The quantitative estimate of drug-likeness (QED) is 0.442. The summed E-state index contributed by atoms with van der Waals surface area (Å²) < 4.78 is 0. The third-order valence-electron chi connectivity index (χ3n) is 13.2. The van der Waals surface area contributed by atoms with Gasteiger partial charge in [0.2, 0.25) is 0 Å². The number of rotatable bonds is 5. The number of aliphatic hydroxyl groups is 1. The number of carboxylic acids is 1. The molecular formula is C30H52O3. The highest BCUT2D eigenvalue weighted by molar-refractivity contribution is 5.66. The summed E-state index contributed by atoms with van der Waals surface area (Å²) in [5.41, 5.74) is 1.48. The molecule has 3 nitrogen and oxygen atoms in total. The van der Waals surface area contributed by atoms with E-state index >= 15 is 0 Å². The van der Waals surface area contributed by atoms with Crippen LogP contribution in [0.15, 0.2) is 0 Å². The Kier molecular flexibility index (Phi) is 6.16. The number of aliphatic carboxylic acids is 1. The van der Waals surface area contributed by atoms with E-state index in [0.29, 0.717) is 36.2 Å². The average Bonchev–Trinajstić information content (AvgIpc) is 2.74. The molecule has 0 aromatic heterocycles. The van der Waals surface area contributed by atoms with Gasteiger partial charge in [-0.25, -0.2) is 0 Å². The molecule has 0 aromatic carbocycles. The SMILES string of the molecule is CC[C@@]1(C)CCC2[C@@](C)(CC[C@@]3(C)C4CC(C)(C)CC[C@]4(CO)CC[C@]23C)C1CCC(=O)O. The van der Waals surface area contributed by atoms with Gasteiger partial charge in [-0.1, -0.05) is 54.9 Å². The third kappa shape index (κ3) is 3.56. The predicted octanol–water partition coefficient (Wildman–Crippen LogP) is 7.71. The molecule has 4 rings (SSSR count). The normalized spacial score (nSPS) is 51.2. The molecule has 3 unspecified atom stereocenters. The maximum atomic E-state index is 11.6. The van der Waals surface area contributed by atoms with Crippen molar-refractivity contribution < 1.29 is 15.0 Å². The van der Waals surface area contributed by atoms with Crippen LogP contribution < -0.4 is 0 Å². The van der Waals surface area contributed by atoms with Crippen LogP contribution in [0.25, 0.3) is 0 Å². The zero-order chi connectivity index (χ0) is 24.5. The first-order valence-corrected chi connectivity index (χ1v) is 14.0. The van der Waals surface area contributed by atoms with Gasteiger partial charge in [-0.15, -0.1) is 0 Å². The molecule has 0 amide bonds. The van der Waals surface area contributed by atoms with Gasteiger partial charge >= 0.3 is 5.97 Å². The van der Waals surface area contributed by atoms with Crippen LogP contribution in [0.4, 0.5) is 0 Å². The van der Waals surface area contributed by atoms with E-state index in [1.807, 2.05) is 0 Å². The van der Waals surface area contributed by atoms with E-state index in [2.05, 4.69) is 48.5 Å². The average molecular weight is 461 g/mol. The van der Waals surface area contributed by atoms with Crippen molar-refractivity contribution in [1.82, 2.24) is 0 Å². The fourth-order valence-electron chi connectivity index (χ4n) is 10.6. The summed E-state index contributed by atoms with van der Waals surface area (Å²) in [7, 11) is 0. The number of carboxylic acid groups (broad SMARTS) is 1. The van der Waals surface area contributed by atoms with Gasteiger partial charge in [-0.3, -0.25) is 4.79 Å². The van der Waals surface area contributed by atoms with Gasteiger partial charge in [-0.05, 0) is 114 Å². The summed E-state index contributed by atoms with van der Waals surface area (Å²) in [6.07, 6.45) is 13.4. The number of hydrogen-bond acceptors (Lipinski definition) is 2. The summed E-state index contributed by atoms with van der Waals surface area (Å²) >= 11 is 0. The molecule has 190 valence electrons. The van der Waals surface area contributed by atoms with Crippen molar-refractivity contribution in [3.63, 3.8) is 0 Å². The first-order chi connectivity index (χ1) is 15.2. The molecule has 4 aliphatic carbocycles. The molecule has 0 radical (unpaired) electrons. The molecule has 2 N–H and O–H groups in total. The van der Waals surface area contributed by atoms with E-state index in [-0.39, 0.29) is 27.1 Å². The molecule has 0 aliphatic heterocycles. The lowest BCUT2D eigenvalue weighted by Crippen LogP contribution is -2.67. The highest BCUT2D eigenvalue weighted by atomic mass is 16.4. The number of fused-ring (bicyclic) bond motifs is 5. The number of hydrogen-bond donors (Lipinski definition) is 2. The smallest absolute Gasteiger partial charge is 0.303 e. The molecule has 4 aliphatic rings. The largest absolute Gasteiger partial charge is 0.481 e. The Morgan fingerprint density at radius 2 is 1.45 bits per heavy atom. The van der Waals surface area contributed by atoms with E-state index < -0.39 is 5.97 Å². The van der Waals surface area contributed by atoms with Crippen molar-refractivity contribution in [2.75, 3.05) is 6.61 Å². The monoisotopic (exact) mass is 460 g/mol. The molecule has 0 heterocycles. The molecular weight excluding hydrogens is 408 g/mol. The minimum atomic E-state index is -0.638. The van der Waals surface area contributed by atoms with Gasteiger partial charge < -0.3 is 10.2 Å². The molecule has 0 bridgehead atoms. The number of aliphatic hydroxyl groups excluding tert-OH is 1. The second kappa shape index (κ2) is 7.97. The lowest BCUT2D eigenvalue weighted by molar-refractivity contribution is -0.258. The van der Waals surface area contributed by atoms with Crippen LogP contribution in [0.5, 0.6) is 0 Å². The topological polar surface area (TPSA) is 57.5 Å². The van der Waals surface area contributed by atoms with Crippen LogP contribution >= 0.6 is 0 Å². The standard InChI is InChI=1S/C30H52O3/c1-8-26(4)12-11-22-27(5,21(26)9-10-24(32)33)14-15-29(7)23-19-25(2,3)13-17-30(23,20-31)18-16-28(22,29)6/h21-23,31H,8-20H2,1-7H3,(H,32,33)/t21?,22?,23?,26-,27-,28+,29-,30+/m0/s1. The van der Waals surface area contributed by atoms with Crippen molar-refractivity contribution in [3.8, 4) is 0 Å². The summed E-state index contributed by atoms with van der Waals surface area (Å²) in [6.45, 7) is 17.8. The van der Waals surface area contributed by atoms with Crippen LogP contribution in [0.3, 0.4) is 0 Å². The summed E-state index contributed by atoms with van der Waals surface area (Å²) in [4.78, 5) is 11.6. The Balaban J connectivity index is 1.75. The van der Waals surface area contributed by atoms with Crippen LogP contribution in [-0.4, -0.2) is 22.8 Å². The molecule has 0 saturated heterocycles. The molecule has 8 atom stereocenters. The molecule has 4 saturated carbocycles. The van der Waals surface area contributed by atoms with Crippen LogP contribution in [0.1, 0.15) is 126 Å². The minimum Gasteiger partial charge on any atom is -0.481 e. The van der Waals surface area contributed by atoms with Crippen molar-refractivity contribution in [1.29, 1.82) is 0 Å². The van der Waals surface area contributed by atoms with Crippen molar-refractivity contribution in [2.24, 2.45) is 50.2 Å². The van der Waals surface area contributed by atoms with Crippen molar-refractivity contribution >= 4 is 5.97 Å². The minimum absolute atomic E-state index is 0.118. The highest BCUT2D eigenvalue weighted by Gasteiger charge is 2.70. The Labute approximate surface area is 203 Å². The maximum absolute atomic E-state index is 11.6. The second-order valence-corrected chi connectivity index (χ2v) is 14.9. The molecule has 3 heteroatoms.